The molecule has 0 aromatic heterocycles. The summed E-state index contributed by atoms with van der Waals surface area (Å²) in [5.74, 6) is -2.77. The number of amides is 1. The highest BCUT2D eigenvalue weighted by Gasteiger charge is 2.53. The van der Waals surface area contributed by atoms with Crippen molar-refractivity contribution >= 4 is 23.4 Å². The van der Waals surface area contributed by atoms with Gasteiger partial charge >= 0.3 is 11.9 Å². The summed E-state index contributed by atoms with van der Waals surface area (Å²) in [6, 6.07) is 13.0. The fraction of sp³-hybridized carbons (Fsp3) is 0.0417. The van der Waals surface area contributed by atoms with E-state index in [9.17, 15) is 29.7 Å². The standard InChI is InChI=1S/C24H15NO8/c25-21(28)10-14(22(29)30)11-1-4-16-15(7-11)23(31)33-24(16)17-5-2-12(26)8-19(17)32-20-9-13(27)3-6-18(20)24/h1-10,26-27H,(H2,25,28)(H,29,30). The van der Waals surface area contributed by atoms with E-state index in [1.807, 2.05) is 0 Å². The molecule has 0 saturated heterocycles. The van der Waals surface area contributed by atoms with Crippen molar-refractivity contribution in [1.29, 1.82) is 0 Å². The Morgan fingerprint density at radius 2 is 1.45 bits per heavy atom. The van der Waals surface area contributed by atoms with Crippen molar-refractivity contribution in [2.75, 3.05) is 0 Å². The molecule has 5 rings (SSSR count). The summed E-state index contributed by atoms with van der Waals surface area (Å²) in [7, 11) is 0. The molecule has 1 amide bonds. The molecule has 9 nitrogen and oxygen atoms in total. The number of primary amides is 1. The molecule has 9 heteroatoms. The Balaban J connectivity index is 1.79. The number of ether oxygens (including phenoxy) is 2. The lowest BCUT2D eigenvalue weighted by Crippen LogP contribution is -2.32. The fourth-order valence-electron chi connectivity index (χ4n) is 4.28. The summed E-state index contributed by atoms with van der Waals surface area (Å²) in [5.41, 5.74) is 4.74. The Morgan fingerprint density at radius 3 is 2.00 bits per heavy atom. The van der Waals surface area contributed by atoms with Crippen LogP contribution < -0.4 is 10.5 Å². The Hall–Kier alpha value is -4.79. The smallest absolute Gasteiger partial charge is 0.340 e. The molecule has 2 aliphatic rings. The van der Waals surface area contributed by atoms with Gasteiger partial charge in [-0.1, -0.05) is 12.1 Å². The molecule has 2 heterocycles. The minimum atomic E-state index is -1.47. The average Bonchev–Trinajstić information content (AvgIpc) is 3.03. The van der Waals surface area contributed by atoms with Crippen molar-refractivity contribution in [2.45, 2.75) is 5.60 Å². The second kappa shape index (κ2) is 6.86. The molecule has 0 fully saturated rings. The molecule has 33 heavy (non-hydrogen) atoms. The Morgan fingerprint density at radius 1 is 0.879 bits per heavy atom. The second-order valence-corrected chi connectivity index (χ2v) is 7.56. The number of hydrogen-bond donors (Lipinski definition) is 4. The van der Waals surface area contributed by atoms with Gasteiger partial charge in [-0.15, -0.1) is 0 Å². The van der Waals surface area contributed by atoms with E-state index < -0.39 is 23.4 Å². The van der Waals surface area contributed by atoms with Crippen molar-refractivity contribution in [3.05, 3.63) is 88.5 Å². The van der Waals surface area contributed by atoms with Crippen LogP contribution in [0.5, 0.6) is 23.0 Å². The number of carboxylic acids is 1. The predicted molar refractivity (Wildman–Crippen MR) is 113 cm³/mol. The van der Waals surface area contributed by atoms with Gasteiger partial charge in [0.25, 0.3) is 0 Å². The lowest BCUT2D eigenvalue weighted by molar-refractivity contribution is -0.130. The van der Waals surface area contributed by atoms with E-state index >= 15 is 0 Å². The number of carbonyl (C=O) groups excluding carboxylic acids is 2. The van der Waals surface area contributed by atoms with E-state index in [1.54, 1.807) is 12.1 Å². The van der Waals surface area contributed by atoms with Crippen molar-refractivity contribution in [2.24, 2.45) is 5.73 Å². The quantitative estimate of drug-likeness (QED) is 0.354. The number of phenols is 2. The number of aliphatic carboxylic acids is 1. The summed E-state index contributed by atoms with van der Waals surface area (Å²) in [4.78, 5) is 36.0. The van der Waals surface area contributed by atoms with Gasteiger partial charge < -0.3 is 30.5 Å². The predicted octanol–water partition coefficient (Wildman–Crippen LogP) is 2.62. The van der Waals surface area contributed by atoms with Crippen LogP contribution in [0.15, 0.2) is 60.7 Å². The maximum atomic E-state index is 13.0. The lowest BCUT2D eigenvalue weighted by atomic mass is 9.77. The SMILES string of the molecule is NC(=O)C=C(C(=O)O)c1ccc2c(c1)C(=O)OC21c2ccc(O)cc2Oc2cc(O)ccc21. The van der Waals surface area contributed by atoms with E-state index in [-0.39, 0.29) is 39.7 Å². The molecule has 5 N–H and O–H groups in total. The third-order valence-corrected chi connectivity index (χ3v) is 5.60. The number of phenolic OH excluding ortho intramolecular Hbond substituents is 2. The number of carboxylic acid groups (broad SMARTS) is 1. The van der Waals surface area contributed by atoms with Crippen LogP contribution >= 0.6 is 0 Å². The zero-order chi connectivity index (χ0) is 23.5. The van der Waals surface area contributed by atoms with E-state index in [2.05, 4.69) is 0 Å². The van der Waals surface area contributed by atoms with Crippen molar-refractivity contribution < 1.29 is 39.2 Å². The maximum Gasteiger partial charge on any atom is 0.340 e. The van der Waals surface area contributed by atoms with Gasteiger partial charge in [0.2, 0.25) is 5.91 Å². The van der Waals surface area contributed by atoms with Gasteiger partial charge in [-0.2, -0.15) is 0 Å². The van der Waals surface area contributed by atoms with Gasteiger partial charge in [0.15, 0.2) is 5.60 Å². The molecular formula is C24H15NO8. The molecule has 0 atom stereocenters. The van der Waals surface area contributed by atoms with Crippen molar-refractivity contribution in [3.63, 3.8) is 0 Å². The van der Waals surface area contributed by atoms with Crippen LogP contribution in [0.2, 0.25) is 0 Å². The van der Waals surface area contributed by atoms with Crippen LogP contribution in [-0.4, -0.2) is 33.2 Å². The minimum Gasteiger partial charge on any atom is -0.508 e. The number of esters is 1. The highest BCUT2D eigenvalue weighted by molar-refractivity contribution is 6.20. The van der Waals surface area contributed by atoms with E-state index in [1.165, 1.54) is 42.5 Å². The Kier molecular flexibility index (Phi) is 4.18. The molecule has 0 saturated carbocycles. The van der Waals surface area contributed by atoms with Gasteiger partial charge in [-0.25, -0.2) is 9.59 Å². The Bertz CT molecular complexity index is 1370. The lowest BCUT2D eigenvalue weighted by Gasteiger charge is -2.36. The van der Waals surface area contributed by atoms with E-state index in [0.717, 1.165) is 6.08 Å². The monoisotopic (exact) mass is 445 g/mol. The zero-order valence-electron chi connectivity index (χ0n) is 16.7. The van der Waals surface area contributed by atoms with Gasteiger partial charge in [-0.05, 0) is 35.9 Å². The number of carbonyl (C=O) groups is 3. The molecule has 3 aromatic carbocycles. The van der Waals surface area contributed by atoms with E-state index in [0.29, 0.717) is 16.7 Å². The van der Waals surface area contributed by atoms with Crippen LogP contribution in [0.3, 0.4) is 0 Å². The third kappa shape index (κ3) is 2.90. The van der Waals surface area contributed by atoms with Crippen LogP contribution in [0.1, 0.15) is 32.6 Å². The number of nitrogens with two attached hydrogens (primary N) is 1. The molecule has 164 valence electrons. The summed E-state index contributed by atoms with van der Waals surface area (Å²) in [5, 5.41) is 29.4. The van der Waals surface area contributed by atoms with Crippen molar-refractivity contribution in [1.82, 2.24) is 0 Å². The molecular weight excluding hydrogens is 430 g/mol. The van der Waals surface area contributed by atoms with E-state index in [4.69, 9.17) is 15.2 Å². The fourth-order valence-corrected chi connectivity index (χ4v) is 4.28. The zero-order valence-corrected chi connectivity index (χ0v) is 16.7. The topological polar surface area (TPSA) is 156 Å². The first kappa shape index (κ1) is 20.1. The average molecular weight is 445 g/mol. The summed E-state index contributed by atoms with van der Waals surface area (Å²) in [6.45, 7) is 0. The molecule has 0 radical (unpaired) electrons. The largest absolute Gasteiger partial charge is 0.508 e. The normalized spacial score (nSPS) is 15.2. The third-order valence-electron chi connectivity index (χ3n) is 5.60. The first-order valence-electron chi connectivity index (χ1n) is 9.68. The minimum absolute atomic E-state index is 0.0740. The van der Waals surface area contributed by atoms with Gasteiger partial charge in [0.05, 0.1) is 11.1 Å². The van der Waals surface area contributed by atoms with Crippen LogP contribution in [0, 0.1) is 0 Å². The summed E-state index contributed by atoms with van der Waals surface area (Å²) in [6.07, 6.45) is 0.769. The molecule has 3 aromatic rings. The number of benzene rings is 3. The first-order chi connectivity index (χ1) is 15.7. The molecule has 0 aliphatic carbocycles. The highest BCUT2D eigenvalue weighted by atomic mass is 16.6. The van der Waals surface area contributed by atoms with Crippen LogP contribution in [0.4, 0.5) is 0 Å². The summed E-state index contributed by atoms with van der Waals surface area (Å²) < 4.78 is 11.8. The number of aromatic hydroxyl groups is 2. The highest BCUT2D eigenvalue weighted by Crippen LogP contribution is 2.57. The molecule has 0 unspecified atom stereocenters. The van der Waals surface area contributed by atoms with Gasteiger partial charge in [-0.3, -0.25) is 4.79 Å². The second-order valence-electron chi connectivity index (χ2n) is 7.56. The molecule has 0 bridgehead atoms. The van der Waals surface area contributed by atoms with Crippen LogP contribution in [0.25, 0.3) is 5.57 Å². The Labute approximate surface area is 185 Å². The first-order valence-corrected chi connectivity index (χ1v) is 9.68. The number of fused-ring (bicyclic) bond motifs is 6. The maximum absolute atomic E-state index is 13.0. The van der Waals surface area contributed by atoms with Gasteiger partial charge in [0, 0.05) is 34.9 Å². The van der Waals surface area contributed by atoms with Gasteiger partial charge in [0.1, 0.15) is 23.0 Å². The summed E-state index contributed by atoms with van der Waals surface area (Å²) >= 11 is 0. The molecule has 2 aliphatic heterocycles. The molecule has 1 spiro atoms. The number of hydrogen-bond acceptors (Lipinski definition) is 7. The van der Waals surface area contributed by atoms with Crippen molar-refractivity contribution in [3.8, 4) is 23.0 Å². The number of rotatable bonds is 3. The van der Waals surface area contributed by atoms with Crippen LogP contribution in [-0.2, 0) is 19.9 Å².